The molecule has 0 bridgehead atoms. The number of nitrogens with zero attached hydrogens (tertiary/aromatic N) is 1. The average molecular weight is 187 g/mol. The fourth-order valence-electron chi connectivity index (χ4n) is 1.88. The first-order valence-electron chi connectivity index (χ1n) is 4.85. The molecule has 0 aliphatic heterocycles. The molecule has 1 aliphatic rings. The predicted octanol–water partition coefficient (Wildman–Crippen LogP) is 2.63. The van der Waals surface area contributed by atoms with Crippen molar-refractivity contribution in [2.45, 2.75) is 32.2 Å². The first kappa shape index (κ1) is 9.17. The largest absolute Gasteiger partial charge is 0.235 e. The van der Waals surface area contributed by atoms with Gasteiger partial charge in [-0.05, 0) is 37.8 Å². The molecule has 1 aromatic rings. The number of aryl methyl sites for hydroxylation is 2. The van der Waals surface area contributed by atoms with Gasteiger partial charge in [-0.2, -0.15) is 4.99 Å². The van der Waals surface area contributed by atoms with E-state index in [0.29, 0.717) is 0 Å². The van der Waals surface area contributed by atoms with Crippen LogP contribution in [0.25, 0.3) is 0 Å². The number of aliphatic imine (C=N–C) groups is 1. The van der Waals surface area contributed by atoms with Gasteiger partial charge >= 0.3 is 0 Å². The summed E-state index contributed by atoms with van der Waals surface area (Å²) < 4.78 is 0. The zero-order valence-corrected chi connectivity index (χ0v) is 8.50. The first-order valence-corrected chi connectivity index (χ1v) is 4.85. The minimum Gasteiger partial charge on any atom is -0.211 e. The molecule has 1 saturated carbocycles. The molecular formula is C12H13NO. The second-order valence-electron chi connectivity index (χ2n) is 4.05. The van der Waals surface area contributed by atoms with E-state index >= 15 is 0 Å². The molecule has 0 amide bonds. The summed E-state index contributed by atoms with van der Waals surface area (Å²) in [5.74, 6) is 0. The van der Waals surface area contributed by atoms with Gasteiger partial charge in [0.2, 0.25) is 6.08 Å². The van der Waals surface area contributed by atoms with E-state index in [0.717, 1.165) is 12.8 Å². The van der Waals surface area contributed by atoms with Crippen LogP contribution in [-0.4, -0.2) is 6.08 Å². The van der Waals surface area contributed by atoms with E-state index in [-0.39, 0.29) is 5.54 Å². The van der Waals surface area contributed by atoms with E-state index in [1.165, 1.54) is 16.7 Å². The van der Waals surface area contributed by atoms with E-state index in [9.17, 15) is 4.79 Å². The number of benzene rings is 1. The summed E-state index contributed by atoms with van der Waals surface area (Å²) in [5.41, 5.74) is 3.41. The Hall–Kier alpha value is -1.40. The van der Waals surface area contributed by atoms with Crippen molar-refractivity contribution in [3.8, 4) is 0 Å². The summed E-state index contributed by atoms with van der Waals surface area (Å²) in [7, 11) is 0. The Kier molecular flexibility index (Phi) is 2.01. The van der Waals surface area contributed by atoms with Crippen molar-refractivity contribution in [3.63, 3.8) is 0 Å². The Morgan fingerprint density at radius 3 is 2.64 bits per heavy atom. The van der Waals surface area contributed by atoms with Crippen LogP contribution < -0.4 is 0 Å². The van der Waals surface area contributed by atoms with E-state index in [1.54, 1.807) is 6.08 Å². The van der Waals surface area contributed by atoms with E-state index in [1.807, 2.05) is 0 Å². The van der Waals surface area contributed by atoms with Gasteiger partial charge in [0.15, 0.2) is 0 Å². The van der Waals surface area contributed by atoms with Crippen LogP contribution in [0, 0.1) is 13.8 Å². The van der Waals surface area contributed by atoms with Gasteiger partial charge in [-0.15, -0.1) is 0 Å². The molecule has 2 nitrogen and oxygen atoms in total. The van der Waals surface area contributed by atoms with Crippen molar-refractivity contribution in [1.82, 2.24) is 0 Å². The predicted molar refractivity (Wildman–Crippen MR) is 54.9 cm³/mol. The highest BCUT2D eigenvalue weighted by molar-refractivity contribution is 5.45. The molecule has 0 atom stereocenters. The van der Waals surface area contributed by atoms with Crippen LogP contribution in [0.2, 0.25) is 0 Å². The lowest BCUT2D eigenvalue weighted by atomic mass is 9.97. The molecule has 0 saturated heterocycles. The Balaban J connectivity index is 2.50. The topological polar surface area (TPSA) is 29.4 Å². The highest BCUT2D eigenvalue weighted by Crippen LogP contribution is 2.50. The van der Waals surface area contributed by atoms with Crippen LogP contribution in [0.3, 0.4) is 0 Å². The minimum absolute atomic E-state index is 0.224. The van der Waals surface area contributed by atoms with Gasteiger partial charge in [0.05, 0.1) is 5.54 Å². The molecular weight excluding hydrogens is 174 g/mol. The number of hydrogen-bond acceptors (Lipinski definition) is 2. The molecule has 1 fully saturated rings. The minimum atomic E-state index is -0.224. The van der Waals surface area contributed by atoms with Gasteiger partial charge in [0, 0.05) is 0 Å². The maximum absolute atomic E-state index is 10.3. The highest BCUT2D eigenvalue weighted by Gasteiger charge is 2.45. The van der Waals surface area contributed by atoms with Gasteiger partial charge in [-0.1, -0.05) is 23.8 Å². The van der Waals surface area contributed by atoms with Crippen molar-refractivity contribution in [2.75, 3.05) is 0 Å². The molecule has 0 radical (unpaired) electrons. The number of carbonyl (C=O) groups excluding carboxylic acids is 1. The molecule has 72 valence electrons. The third-order valence-corrected chi connectivity index (χ3v) is 2.88. The van der Waals surface area contributed by atoms with Gasteiger partial charge in [-0.3, -0.25) is 0 Å². The fourth-order valence-corrected chi connectivity index (χ4v) is 1.88. The third-order valence-electron chi connectivity index (χ3n) is 2.88. The van der Waals surface area contributed by atoms with Crippen molar-refractivity contribution in [2.24, 2.45) is 4.99 Å². The lowest BCUT2D eigenvalue weighted by molar-refractivity contribution is 0.556. The Labute approximate surface area is 83.7 Å². The smallest absolute Gasteiger partial charge is 0.211 e. The van der Waals surface area contributed by atoms with Crippen molar-refractivity contribution >= 4 is 6.08 Å². The quantitative estimate of drug-likeness (QED) is 0.517. The van der Waals surface area contributed by atoms with Crippen LogP contribution in [0.15, 0.2) is 23.2 Å². The molecule has 2 rings (SSSR count). The maximum atomic E-state index is 10.3. The van der Waals surface area contributed by atoms with Gasteiger partial charge in [0.1, 0.15) is 0 Å². The van der Waals surface area contributed by atoms with Crippen molar-refractivity contribution < 1.29 is 4.79 Å². The number of rotatable bonds is 2. The molecule has 0 N–H and O–H groups in total. The van der Waals surface area contributed by atoms with E-state index in [4.69, 9.17) is 0 Å². The second kappa shape index (κ2) is 3.07. The SMILES string of the molecule is Cc1ccc(C)c(C2(N=C=O)CC2)c1. The summed E-state index contributed by atoms with van der Waals surface area (Å²) >= 11 is 0. The van der Waals surface area contributed by atoms with Crippen LogP contribution in [-0.2, 0) is 10.3 Å². The Bertz CT molecular complexity index is 412. The average Bonchev–Trinajstić information content (AvgIpc) is 2.91. The fraction of sp³-hybridized carbons (Fsp3) is 0.417. The first-order chi connectivity index (χ1) is 6.68. The summed E-state index contributed by atoms with van der Waals surface area (Å²) in [6, 6.07) is 6.30. The summed E-state index contributed by atoms with van der Waals surface area (Å²) in [5, 5.41) is 0. The second-order valence-corrected chi connectivity index (χ2v) is 4.05. The third kappa shape index (κ3) is 1.38. The van der Waals surface area contributed by atoms with Crippen LogP contribution in [0.5, 0.6) is 0 Å². The molecule has 1 aromatic carbocycles. The van der Waals surface area contributed by atoms with Gasteiger partial charge in [0.25, 0.3) is 0 Å². The standard InChI is InChI=1S/C12H13NO/c1-9-3-4-10(2)11(7-9)12(5-6-12)13-8-14/h3-4,7H,5-6H2,1-2H3. The molecule has 0 aromatic heterocycles. The molecule has 0 heterocycles. The lowest BCUT2D eigenvalue weighted by Gasteiger charge is -2.12. The number of isocyanates is 1. The van der Waals surface area contributed by atoms with E-state index in [2.05, 4.69) is 37.0 Å². The molecule has 14 heavy (non-hydrogen) atoms. The lowest BCUT2D eigenvalue weighted by Crippen LogP contribution is -2.05. The molecule has 0 spiro atoms. The van der Waals surface area contributed by atoms with E-state index < -0.39 is 0 Å². The molecule has 2 heteroatoms. The van der Waals surface area contributed by atoms with Gasteiger partial charge in [-0.25, -0.2) is 4.79 Å². The monoisotopic (exact) mass is 187 g/mol. The zero-order chi connectivity index (χ0) is 10.2. The Morgan fingerprint density at radius 1 is 1.36 bits per heavy atom. The normalized spacial score (nSPS) is 17.3. The summed E-state index contributed by atoms with van der Waals surface area (Å²) in [6.45, 7) is 4.12. The zero-order valence-electron chi connectivity index (χ0n) is 8.50. The number of hydrogen-bond donors (Lipinski definition) is 0. The van der Waals surface area contributed by atoms with Crippen molar-refractivity contribution in [3.05, 3.63) is 34.9 Å². The summed E-state index contributed by atoms with van der Waals surface area (Å²) in [6.07, 6.45) is 3.65. The van der Waals surface area contributed by atoms with Gasteiger partial charge < -0.3 is 0 Å². The highest BCUT2D eigenvalue weighted by atomic mass is 16.1. The van der Waals surface area contributed by atoms with Crippen LogP contribution >= 0.6 is 0 Å². The maximum Gasteiger partial charge on any atom is 0.235 e. The Morgan fingerprint density at radius 2 is 2.07 bits per heavy atom. The molecule has 1 aliphatic carbocycles. The van der Waals surface area contributed by atoms with Crippen LogP contribution in [0.4, 0.5) is 0 Å². The molecule has 0 unspecified atom stereocenters. The van der Waals surface area contributed by atoms with Crippen molar-refractivity contribution in [1.29, 1.82) is 0 Å². The summed E-state index contributed by atoms with van der Waals surface area (Å²) in [4.78, 5) is 14.3. The van der Waals surface area contributed by atoms with Crippen LogP contribution in [0.1, 0.15) is 29.5 Å².